The zero-order valence-corrected chi connectivity index (χ0v) is 16.7. The van der Waals surface area contributed by atoms with Gasteiger partial charge < -0.3 is 15.5 Å². The molecule has 154 valence electrons. The average Bonchev–Trinajstić information content (AvgIpc) is 2.68. The van der Waals surface area contributed by atoms with E-state index in [1.54, 1.807) is 36.2 Å². The zero-order chi connectivity index (χ0) is 20.8. The van der Waals surface area contributed by atoms with Crippen molar-refractivity contribution in [3.63, 3.8) is 0 Å². The third-order valence-electron chi connectivity index (χ3n) is 5.14. The molecule has 0 unspecified atom stereocenters. The second-order valence-electron chi connectivity index (χ2n) is 7.31. The van der Waals surface area contributed by atoms with Crippen LogP contribution in [0.2, 0.25) is 0 Å². The molecule has 0 saturated carbocycles. The van der Waals surface area contributed by atoms with Gasteiger partial charge in [-0.25, -0.2) is 9.18 Å². The molecule has 7 nitrogen and oxygen atoms in total. The summed E-state index contributed by atoms with van der Waals surface area (Å²) in [7, 11) is 1.84. The van der Waals surface area contributed by atoms with Crippen LogP contribution in [-0.2, 0) is 11.3 Å². The van der Waals surface area contributed by atoms with E-state index in [0.29, 0.717) is 17.9 Å². The van der Waals surface area contributed by atoms with E-state index < -0.39 is 11.8 Å². The minimum atomic E-state index is -0.456. The van der Waals surface area contributed by atoms with Crippen molar-refractivity contribution in [2.45, 2.75) is 32.4 Å². The summed E-state index contributed by atoms with van der Waals surface area (Å²) in [6.45, 7) is 3.84. The molecule has 2 heterocycles. The number of benzene rings is 1. The smallest absolute Gasteiger partial charge is 0.323 e. The molecule has 29 heavy (non-hydrogen) atoms. The van der Waals surface area contributed by atoms with E-state index >= 15 is 0 Å². The molecule has 3 amide bonds. The van der Waals surface area contributed by atoms with Gasteiger partial charge in [-0.15, -0.1) is 0 Å². The van der Waals surface area contributed by atoms with Gasteiger partial charge in [0.25, 0.3) is 0 Å². The van der Waals surface area contributed by atoms with Crippen molar-refractivity contribution < 1.29 is 14.0 Å². The van der Waals surface area contributed by atoms with Gasteiger partial charge in [-0.2, -0.15) is 0 Å². The third-order valence-corrected chi connectivity index (χ3v) is 5.14. The van der Waals surface area contributed by atoms with Crippen LogP contribution in [0.3, 0.4) is 0 Å². The highest BCUT2D eigenvalue weighted by Gasteiger charge is 2.23. The molecule has 1 fully saturated rings. The summed E-state index contributed by atoms with van der Waals surface area (Å²) < 4.78 is 14.1. The number of pyridine rings is 1. The Balaban J connectivity index is 1.57. The minimum absolute atomic E-state index is 0.0776. The van der Waals surface area contributed by atoms with Crippen LogP contribution < -0.4 is 10.6 Å². The monoisotopic (exact) mass is 399 g/mol. The molecule has 0 radical (unpaired) electrons. The number of halogens is 1. The van der Waals surface area contributed by atoms with E-state index in [0.717, 1.165) is 31.5 Å². The molecular formula is C21H26FN5O2. The normalized spacial score (nSPS) is 15.0. The lowest BCUT2D eigenvalue weighted by atomic mass is 10.0. The average molecular weight is 399 g/mol. The molecule has 1 aromatic carbocycles. The summed E-state index contributed by atoms with van der Waals surface area (Å²) in [4.78, 5) is 31.6. The number of amides is 3. The molecule has 3 rings (SSSR count). The Morgan fingerprint density at radius 3 is 2.59 bits per heavy atom. The van der Waals surface area contributed by atoms with Crippen LogP contribution in [0.1, 0.15) is 25.3 Å². The number of hydrogen-bond acceptors (Lipinski definition) is 4. The van der Waals surface area contributed by atoms with E-state index in [-0.39, 0.29) is 11.9 Å². The Hall–Kier alpha value is -3.00. The lowest BCUT2D eigenvalue weighted by Crippen LogP contribution is -2.44. The molecular weight excluding hydrogens is 373 g/mol. The van der Waals surface area contributed by atoms with Gasteiger partial charge in [0.1, 0.15) is 5.82 Å². The molecule has 0 aliphatic carbocycles. The number of nitrogens with one attached hydrogen (secondary N) is 2. The second kappa shape index (κ2) is 9.47. The summed E-state index contributed by atoms with van der Waals surface area (Å²) >= 11 is 0. The predicted molar refractivity (Wildman–Crippen MR) is 110 cm³/mol. The number of carbonyl (C=O) groups excluding carboxylic acids is 2. The van der Waals surface area contributed by atoms with E-state index in [4.69, 9.17) is 0 Å². The maximum Gasteiger partial charge on any atom is 0.323 e. The first-order chi connectivity index (χ1) is 13.9. The van der Waals surface area contributed by atoms with Crippen LogP contribution in [0.5, 0.6) is 0 Å². The quantitative estimate of drug-likeness (QED) is 0.809. The number of nitrogens with zero attached hydrogens (tertiary/aromatic N) is 3. The van der Waals surface area contributed by atoms with E-state index in [2.05, 4.69) is 20.5 Å². The first kappa shape index (κ1) is 20.7. The molecule has 2 N–H and O–H groups in total. The Morgan fingerprint density at radius 1 is 1.21 bits per heavy atom. The van der Waals surface area contributed by atoms with Crippen LogP contribution in [0.4, 0.5) is 20.6 Å². The van der Waals surface area contributed by atoms with Crippen molar-refractivity contribution in [3.05, 3.63) is 54.1 Å². The van der Waals surface area contributed by atoms with Gasteiger partial charge in [0, 0.05) is 51.5 Å². The summed E-state index contributed by atoms with van der Waals surface area (Å²) in [5.74, 6) is -0.320. The largest absolute Gasteiger partial charge is 0.343 e. The maximum atomic E-state index is 14.1. The van der Waals surface area contributed by atoms with Crippen LogP contribution in [0.15, 0.2) is 42.7 Å². The Morgan fingerprint density at radius 2 is 1.93 bits per heavy atom. The molecule has 1 aliphatic rings. The fourth-order valence-corrected chi connectivity index (χ4v) is 3.52. The summed E-state index contributed by atoms with van der Waals surface area (Å²) in [6.07, 6.45) is 4.93. The Labute approximate surface area is 169 Å². The summed E-state index contributed by atoms with van der Waals surface area (Å²) in [5, 5.41) is 5.32. The number of urea groups is 1. The van der Waals surface area contributed by atoms with Gasteiger partial charge in [-0.05, 0) is 48.7 Å². The van der Waals surface area contributed by atoms with Gasteiger partial charge >= 0.3 is 6.03 Å². The molecule has 0 atom stereocenters. The fourth-order valence-electron chi connectivity index (χ4n) is 3.52. The first-order valence-corrected chi connectivity index (χ1v) is 9.64. The van der Waals surface area contributed by atoms with Crippen molar-refractivity contribution in [1.82, 2.24) is 14.8 Å². The minimum Gasteiger partial charge on any atom is -0.343 e. The van der Waals surface area contributed by atoms with Gasteiger partial charge in [0.2, 0.25) is 5.91 Å². The van der Waals surface area contributed by atoms with Crippen molar-refractivity contribution in [2.75, 3.05) is 30.8 Å². The predicted octanol–water partition coefficient (Wildman–Crippen LogP) is 3.31. The topological polar surface area (TPSA) is 77.6 Å². The Kier molecular flexibility index (Phi) is 6.77. The van der Waals surface area contributed by atoms with Crippen LogP contribution in [-0.4, -0.2) is 52.9 Å². The number of rotatable bonds is 5. The van der Waals surface area contributed by atoms with Crippen LogP contribution in [0, 0.1) is 5.82 Å². The number of likely N-dealkylation sites (tertiary alicyclic amines) is 1. The van der Waals surface area contributed by atoms with Gasteiger partial charge in [-0.3, -0.25) is 14.7 Å². The lowest BCUT2D eigenvalue weighted by molar-refractivity contribution is -0.130. The van der Waals surface area contributed by atoms with E-state index in [1.807, 2.05) is 7.05 Å². The van der Waals surface area contributed by atoms with Crippen molar-refractivity contribution in [2.24, 2.45) is 0 Å². The standard InChI is InChI=1S/C21H26FN5O2/c1-15(28)26(2)20-5-8-27(9-6-20)14-16-10-17(22)12-19(11-16)25-21(29)24-18-4-3-7-23-13-18/h3-4,7,10-13,20H,5-6,8-9,14H2,1-2H3,(H2,24,25,29). The molecule has 1 saturated heterocycles. The SMILES string of the molecule is CC(=O)N(C)C1CCN(Cc2cc(F)cc(NC(=O)Nc3cccnc3)c2)CC1. The van der Waals surface area contributed by atoms with E-state index in [9.17, 15) is 14.0 Å². The fraction of sp³-hybridized carbons (Fsp3) is 0.381. The second-order valence-corrected chi connectivity index (χ2v) is 7.31. The van der Waals surface area contributed by atoms with E-state index in [1.165, 1.54) is 18.3 Å². The molecule has 2 aromatic rings. The van der Waals surface area contributed by atoms with Crippen molar-refractivity contribution in [3.8, 4) is 0 Å². The zero-order valence-electron chi connectivity index (χ0n) is 16.7. The molecule has 0 bridgehead atoms. The summed E-state index contributed by atoms with van der Waals surface area (Å²) in [6, 6.07) is 7.79. The molecule has 8 heteroatoms. The highest BCUT2D eigenvalue weighted by Crippen LogP contribution is 2.20. The number of piperidine rings is 1. The number of aromatic nitrogens is 1. The molecule has 0 spiro atoms. The summed E-state index contributed by atoms with van der Waals surface area (Å²) in [5.41, 5.74) is 1.74. The third kappa shape index (κ3) is 5.99. The van der Waals surface area contributed by atoms with Crippen LogP contribution in [0.25, 0.3) is 0 Å². The van der Waals surface area contributed by atoms with Crippen LogP contribution >= 0.6 is 0 Å². The maximum absolute atomic E-state index is 14.1. The first-order valence-electron chi connectivity index (χ1n) is 9.64. The van der Waals surface area contributed by atoms with Gasteiger partial charge in [-0.1, -0.05) is 0 Å². The lowest BCUT2D eigenvalue weighted by Gasteiger charge is -2.36. The highest BCUT2D eigenvalue weighted by atomic mass is 19.1. The molecule has 1 aromatic heterocycles. The van der Waals surface area contributed by atoms with Gasteiger partial charge in [0.15, 0.2) is 0 Å². The van der Waals surface area contributed by atoms with Gasteiger partial charge in [0.05, 0.1) is 11.9 Å². The highest BCUT2D eigenvalue weighted by molar-refractivity contribution is 5.99. The van der Waals surface area contributed by atoms with Crippen molar-refractivity contribution in [1.29, 1.82) is 0 Å². The molecule has 1 aliphatic heterocycles. The van der Waals surface area contributed by atoms with Crippen molar-refractivity contribution >= 4 is 23.3 Å². The number of carbonyl (C=O) groups is 2. The number of hydrogen-bond donors (Lipinski definition) is 2. The Bertz CT molecular complexity index is 853. The number of anilines is 2.